The number of nitrogens with zero attached hydrogens (tertiary/aromatic N) is 3. The van der Waals surface area contributed by atoms with Gasteiger partial charge in [0.1, 0.15) is 5.75 Å². The van der Waals surface area contributed by atoms with Crippen molar-refractivity contribution in [3.05, 3.63) is 59.0 Å². The number of carbonyl (C=O) groups is 1. The fourth-order valence-electron chi connectivity index (χ4n) is 2.68. The van der Waals surface area contributed by atoms with E-state index in [4.69, 9.17) is 21.4 Å². The Morgan fingerprint density at radius 2 is 2.11 bits per heavy atom. The van der Waals surface area contributed by atoms with Crippen molar-refractivity contribution in [2.75, 3.05) is 12.4 Å². The summed E-state index contributed by atoms with van der Waals surface area (Å²) in [7, 11) is 1.57. The number of aryl methyl sites for hydroxylation is 2. The zero-order valence-corrected chi connectivity index (χ0v) is 15.7. The summed E-state index contributed by atoms with van der Waals surface area (Å²) in [6, 6.07) is 10.8. The minimum atomic E-state index is -0.859. The molecule has 140 valence electrons. The van der Waals surface area contributed by atoms with E-state index < -0.39 is 5.97 Å². The third kappa shape index (κ3) is 4.77. The number of carboxylic acids is 1. The number of halogens is 1. The van der Waals surface area contributed by atoms with E-state index in [0.717, 1.165) is 22.8 Å². The number of hydrogen-bond donors (Lipinski definition) is 2. The first-order valence-electron chi connectivity index (χ1n) is 8.30. The van der Waals surface area contributed by atoms with E-state index in [9.17, 15) is 4.79 Å². The Morgan fingerprint density at radius 1 is 1.30 bits per heavy atom. The van der Waals surface area contributed by atoms with Crippen molar-refractivity contribution < 1.29 is 14.6 Å². The number of rotatable bonds is 7. The summed E-state index contributed by atoms with van der Waals surface area (Å²) < 4.78 is 6.95. The van der Waals surface area contributed by atoms with Gasteiger partial charge in [-0.15, -0.1) is 5.10 Å². The molecule has 0 amide bonds. The fraction of sp³-hybridized carbons (Fsp3) is 0.211. The van der Waals surface area contributed by atoms with E-state index in [0.29, 0.717) is 23.0 Å². The highest BCUT2D eigenvalue weighted by Gasteiger charge is 2.12. The SMILES string of the molecule is COc1cc(Cl)cc(Nc2cc(CCC(=O)O)n(-c3ccnc(C)c3)n2)c1. The second-order valence-corrected chi connectivity index (χ2v) is 6.42. The Morgan fingerprint density at radius 3 is 2.81 bits per heavy atom. The minimum Gasteiger partial charge on any atom is -0.497 e. The molecule has 0 unspecified atom stereocenters. The monoisotopic (exact) mass is 386 g/mol. The Balaban J connectivity index is 1.95. The van der Waals surface area contributed by atoms with Crippen LogP contribution in [0, 0.1) is 6.92 Å². The molecule has 27 heavy (non-hydrogen) atoms. The molecular weight excluding hydrogens is 368 g/mol. The van der Waals surface area contributed by atoms with Gasteiger partial charge < -0.3 is 15.2 Å². The largest absolute Gasteiger partial charge is 0.497 e. The van der Waals surface area contributed by atoms with Gasteiger partial charge in [0, 0.05) is 46.8 Å². The second-order valence-electron chi connectivity index (χ2n) is 5.99. The van der Waals surface area contributed by atoms with Crippen molar-refractivity contribution in [2.45, 2.75) is 19.8 Å². The molecular formula is C19H19ClN4O3. The average molecular weight is 387 g/mol. The first kappa shape index (κ1) is 18.7. The topological polar surface area (TPSA) is 89.3 Å². The van der Waals surface area contributed by atoms with Crippen LogP contribution in [0.5, 0.6) is 5.75 Å². The third-order valence-corrected chi connectivity index (χ3v) is 4.10. The standard InChI is InChI=1S/C19H19ClN4O3/c1-12-7-16(5-6-21-12)24-15(3-4-19(25)26)11-18(23-24)22-14-8-13(20)9-17(10-14)27-2/h5-11H,3-4H2,1-2H3,(H,22,23)(H,25,26). The van der Waals surface area contributed by atoms with Crippen LogP contribution in [0.4, 0.5) is 11.5 Å². The predicted molar refractivity (Wildman–Crippen MR) is 103 cm³/mol. The van der Waals surface area contributed by atoms with Crippen molar-refractivity contribution in [1.82, 2.24) is 14.8 Å². The summed E-state index contributed by atoms with van der Waals surface area (Å²) in [5, 5.41) is 17.3. The number of methoxy groups -OCH3 is 1. The molecule has 1 aromatic carbocycles. The quantitative estimate of drug-likeness (QED) is 0.638. The highest BCUT2D eigenvalue weighted by Crippen LogP contribution is 2.27. The van der Waals surface area contributed by atoms with Crippen molar-refractivity contribution in [2.24, 2.45) is 0 Å². The number of carboxylic acid groups (broad SMARTS) is 1. The second kappa shape index (κ2) is 8.09. The number of hydrogen-bond acceptors (Lipinski definition) is 5. The summed E-state index contributed by atoms with van der Waals surface area (Å²) in [5.41, 5.74) is 3.17. The Labute approximate surface area is 161 Å². The third-order valence-electron chi connectivity index (χ3n) is 3.88. The van der Waals surface area contributed by atoms with Gasteiger partial charge in [0.15, 0.2) is 5.82 Å². The smallest absolute Gasteiger partial charge is 0.303 e. The van der Waals surface area contributed by atoms with Gasteiger partial charge >= 0.3 is 5.97 Å². The van der Waals surface area contributed by atoms with Crippen LogP contribution in [0.2, 0.25) is 5.02 Å². The first-order valence-corrected chi connectivity index (χ1v) is 8.68. The lowest BCUT2D eigenvalue weighted by Gasteiger charge is -2.07. The molecule has 2 aromatic heterocycles. The number of benzene rings is 1. The summed E-state index contributed by atoms with van der Waals surface area (Å²) >= 11 is 6.11. The molecule has 0 saturated carbocycles. The van der Waals surface area contributed by atoms with Crippen LogP contribution in [0.3, 0.4) is 0 Å². The highest BCUT2D eigenvalue weighted by atomic mass is 35.5. The zero-order valence-electron chi connectivity index (χ0n) is 14.9. The number of aliphatic carboxylic acids is 1. The molecule has 0 aliphatic rings. The number of anilines is 2. The molecule has 7 nitrogen and oxygen atoms in total. The number of ether oxygens (including phenoxy) is 1. The van der Waals surface area contributed by atoms with Crippen molar-refractivity contribution >= 4 is 29.1 Å². The number of aromatic nitrogens is 3. The molecule has 0 atom stereocenters. The fourth-order valence-corrected chi connectivity index (χ4v) is 2.91. The van der Waals surface area contributed by atoms with Crippen LogP contribution >= 0.6 is 11.6 Å². The maximum atomic E-state index is 11.0. The molecule has 0 spiro atoms. The molecule has 0 bridgehead atoms. The number of nitrogens with one attached hydrogen (secondary N) is 1. The van der Waals surface area contributed by atoms with E-state index in [1.54, 1.807) is 36.2 Å². The molecule has 0 fully saturated rings. The lowest BCUT2D eigenvalue weighted by molar-refractivity contribution is -0.136. The van der Waals surface area contributed by atoms with Gasteiger partial charge in [-0.25, -0.2) is 4.68 Å². The number of pyridine rings is 1. The predicted octanol–water partition coefficient (Wildman–Crippen LogP) is 4.00. The van der Waals surface area contributed by atoms with Crippen molar-refractivity contribution in [3.8, 4) is 11.4 Å². The summed E-state index contributed by atoms with van der Waals surface area (Å²) in [6.07, 6.45) is 2.06. The van der Waals surface area contributed by atoms with Gasteiger partial charge in [-0.1, -0.05) is 11.6 Å². The van der Waals surface area contributed by atoms with E-state index in [1.165, 1.54) is 0 Å². The van der Waals surface area contributed by atoms with Gasteiger partial charge in [0.25, 0.3) is 0 Å². The van der Waals surface area contributed by atoms with E-state index >= 15 is 0 Å². The van der Waals surface area contributed by atoms with Gasteiger partial charge in [-0.2, -0.15) is 0 Å². The Kier molecular flexibility index (Phi) is 5.61. The summed E-state index contributed by atoms with van der Waals surface area (Å²) in [6.45, 7) is 1.89. The van der Waals surface area contributed by atoms with Crippen LogP contribution < -0.4 is 10.1 Å². The summed E-state index contributed by atoms with van der Waals surface area (Å²) in [4.78, 5) is 15.2. The molecule has 0 aliphatic heterocycles. The van der Waals surface area contributed by atoms with Crippen LogP contribution in [0.1, 0.15) is 17.8 Å². The van der Waals surface area contributed by atoms with Crippen molar-refractivity contribution in [3.63, 3.8) is 0 Å². The maximum Gasteiger partial charge on any atom is 0.303 e. The highest BCUT2D eigenvalue weighted by molar-refractivity contribution is 6.31. The van der Waals surface area contributed by atoms with Crippen LogP contribution in [-0.4, -0.2) is 33.0 Å². The molecule has 8 heteroatoms. The molecule has 3 aromatic rings. The lowest BCUT2D eigenvalue weighted by atomic mass is 10.2. The van der Waals surface area contributed by atoms with E-state index in [1.807, 2.05) is 25.1 Å². The van der Waals surface area contributed by atoms with Gasteiger partial charge in [-0.3, -0.25) is 9.78 Å². The lowest BCUT2D eigenvalue weighted by Crippen LogP contribution is -2.06. The van der Waals surface area contributed by atoms with Crippen LogP contribution in [-0.2, 0) is 11.2 Å². The Bertz CT molecular complexity index is 971. The van der Waals surface area contributed by atoms with Gasteiger partial charge in [0.2, 0.25) is 0 Å². The minimum absolute atomic E-state index is 0.0141. The molecule has 0 aliphatic carbocycles. The van der Waals surface area contributed by atoms with Crippen LogP contribution in [0.15, 0.2) is 42.6 Å². The molecule has 2 heterocycles. The van der Waals surface area contributed by atoms with E-state index in [2.05, 4.69) is 15.4 Å². The maximum absolute atomic E-state index is 11.0. The molecule has 0 radical (unpaired) electrons. The zero-order chi connectivity index (χ0) is 19.4. The van der Waals surface area contributed by atoms with Gasteiger partial charge in [-0.05, 0) is 31.2 Å². The van der Waals surface area contributed by atoms with Crippen LogP contribution in [0.25, 0.3) is 5.69 Å². The normalized spacial score (nSPS) is 10.6. The summed E-state index contributed by atoms with van der Waals surface area (Å²) in [5.74, 6) is 0.345. The molecule has 0 saturated heterocycles. The van der Waals surface area contributed by atoms with Gasteiger partial charge in [0.05, 0.1) is 19.2 Å². The molecule has 3 rings (SSSR count). The van der Waals surface area contributed by atoms with E-state index in [-0.39, 0.29) is 6.42 Å². The molecule has 2 N–H and O–H groups in total. The van der Waals surface area contributed by atoms with Crippen molar-refractivity contribution in [1.29, 1.82) is 0 Å². The Hall–Kier alpha value is -3.06. The average Bonchev–Trinajstić information content (AvgIpc) is 3.02. The first-order chi connectivity index (χ1) is 12.9.